The summed E-state index contributed by atoms with van der Waals surface area (Å²) in [5.74, 6) is 2.34. The third-order valence-electron chi connectivity index (χ3n) is 6.26. The second kappa shape index (κ2) is 7.92. The van der Waals surface area contributed by atoms with Crippen molar-refractivity contribution in [2.24, 2.45) is 0 Å². The van der Waals surface area contributed by atoms with Gasteiger partial charge in [-0.3, -0.25) is 15.0 Å². The first-order chi connectivity index (χ1) is 14.7. The summed E-state index contributed by atoms with van der Waals surface area (Å²) in [4.78, 5) is 15.5. The van der Waals surface area contributed by atoms with Gasteiger partial charge in [0.1, 0.15) is 11.6 Å². The fourth-order valence-corrected chi connectivity index (χ4v) is 4.98. The summed E-state index contributed by atoms with van der Waals surface area (Å²) in [5.41, 5.74) is 1.90. The molecule has 0 aliphatic carbocycles. The highest BCUT2D eigenvalue weighted by Crippen LogP contribution is 2.37. The smallest absolute Gasteiger partial charge is 0.227 e. The van der Waals surface area contributed by atoms with Gasteiger partial charge in [-0.15, -0.1) is 0 Å². The van der Waals surface area contributed by atoms with E-state index in [0.29, 0.717) is 24.7 Å². The van der Waals surface area contributed by atoms with Crippen LogP contribution in [0.4, 0.5) is 17.5 Å². The van der Waals surface area contributed by atoms with E-state index in [-0.39, 0.29) is 0 Å². The molecule has 3 atom stereocenters. The fraction of sp³-hybridized carbons (Fsp3) is 0.455. The van der Waals surface area contributed by atoms with Crippen LogP contribution in [0.25, 0.3) is 15.7 Å². The molecule has 8 heteroatoms. The number of pyridine rings is 2. The van der Waals surface area contributed by atoms with E-state index < -0.39 is 0 Å². The van der Waals surface area contributed by atoms with E-state index in [1.54, 1.807) is 0 Å². The zero-order valence-electron chi connectivity index (χ0n) is 17.1. The number of hydrogen-bond acceptors (Lipinski definition) is 6. The van der Waals surface area contributed by atoms with Crippen LogP contribution >= 0.6 is 0 Å². The fourth-order valence-electron chi connectivity index (χ4n) is 4.98. The molecule has 5 heterocycles. The Kier molecular flexibility index (Phi) is 4.97. The van der Waals surface area contributed by atoms with Crippen LogP contribution in [-0.2, 0) is 0 Å². The number of hydrogen-bond donors (Lipinski definition) is 3. The van der Waals surface area contributed by atoms with Crippen molar-refractivity contribution < 1.29 is 0 Å². The molecule has 154 valence electrons. The van der Waals surface area contributed by atoms with Gasteiger partial charge in [0.05, 0.1) is 12.1 Å². The highest BCUT2D eigenvalue weighted by molar-refractivity contribution is 5.91. The van der Waals surface area contributed by atoms with Gasteiger partial charge >= 0.3 is 0 Å². The van der Waals surface area contributed by atoms with Gasteiger partial charge in [-0.1, -0.05) is 0 Å². The molecule has 2 aliphatic heterocycles. The van der Waals surface area contributed by atoms with Gasteiger partial charge in [-0.2, -0.15) is 5.10 Å². The molecule has 5 rings (SSSR count). The molecule has 2 fully saturated rings. The first-order valence-corrected chi connectivity index (χ1v) is 10.6. The summed E-state index contributed by atoms with van der Waals surface area (Å²) < 4.78 is 0. The number of rotatable bonds is 6. The molecule has 0 saturated carbocycles. The van der Waals surface area contributed by atoms with Gasteiger partial charge in [0, 0.05) is 47.5 Å². The summed E-state index contributed by atoms with van der Waals surface area (Å²) in [7, 11) is 0. The summed E-state index contributed by atoms with van der Waals surface area (Å²) in [6.45, 7) is 10.6. The minimum atomic E-state index is 0.380. The predicted octanol–water partition coefficient (Wildman–Crippen LogP) is 3.73. The standard InChI is InChI=1S/C22H26N8/c1-14-10-21(29-28-14)26-20-13-19-18(4-3-7-24-19)22(27-20)25-15-11-16-5-6-17(12-15)30(16)9-8-23-2/h3-4,7,10,13,15-17H,5-6,8-9,11-12H2,1H3,(H3,25,26,27,28,29)/t15?,16-,17+. The molecule has 2 aliphatic rings. The van der Waals surface area contributed by atoms with Crippen molar-refractivity contribution in [1.29, 1.82) is 0 Å². The van der Waals surface area contributed by atoms with Crippen LogP contribution in [0, 0.1) is 13.5 Å². The molecule has 30 heavy (non-hydrogen) atoms. The van der Waals surface area contributed by atoms with Crippen LogP contribution < -0.4 is 10.6 Å². The molecular formula is C22H26N8. The van der Waals surface area contributed by atoms with E-state index in [1.807, 2.05) is 31.3 Å². The van der Waals surface area contributed by atoms with Crippen LogP contribution in [0.15, 0.2) is 30.5 Å². The minimum absolute atomic E-state index is 0.380. The van der Waals surface area contributed by atoms with E-state index >= 15 is 0 Å². The van der Waals surface area contributed by atoms with E-state index in [4.69, 9.17) is 11.6 Å². The summed E-state index contributed by atoms with van der Waals surface area (Å²) in [5, 5.41) is 15.2. The quantitative estimate of drug-likeness (QED) is 0.545. The van der Waals surface area contributed by atoms with Gasteiger partial charge in [-0.05, 0) is 44.7 Å². The number of nitrogens with zero attached hydrogens (tertiary/aromatic N) is 5. The van der Waals surface area contributed by atoms with Crippen molar-refractivity contribution in [3.63, 3.8) is 0 Å². The molecule has 3 aromatic heterocycles. The molecule has 2 bridgehead atoms. The Hall–Kier alpha value is -3.18. The highest BCUT2D eigenvalue weighted by Gasteiger charge is 2.40. The average Bonchev–Trinajstić information content (AvgIpc) is 3.25. The number of piperidine rings is 1. The zero-order valence-corrected chi connectivity index (χ0v) is 17.1. The van der Waals surface area contributed by atoms with Gasteiger partial charge in [-0.25, -0.2) is 11.6 Å². The molecule has 1 unspecified atom stereocenters. The van der Waals surface area contributed by atoms with Crippen LogP contribution in [0.1, 0.15) is 31.4 Å². The second-order valence-electron chi connectivity index (χ2n) is 8.30. The first kappa shape index (κ1) is 18.8. The maximum Gasteiger partial charge on any atom is 0.227 e. The Morgan fingerprint density at radius 1 is 1.23 bits per heavy atom. The van der Waals surface area contributed by atoms with Crippen LogP contribution in [0.2, 0.25) is 0 Å². The van der Waals surface area contributed by atoms with Gasteiger partial charge in [0.2, 0.25) is 6.54 Å². The number of aromatic amines is 1. The topological polar surface area (TPSA) is 86.1 Å². The third-order valence-corrected chi connectivity index (χ3v) is 6.26. The maximum atomic E-state index is 7.10. The largest absolute Gasteiger partial charge is 0.367 e. The van der Waals surface area contributed by atoms with Crippen LogP contribution in [0.3, 0.4) is 0 Å². The molecule has 0 spiro atoms. The normalized spacial score (nSPS) is 23.4. The van der Waals surface area contributed by atoms with Crippen molar-refractivity contribution in [3.05, 3.63) is 47.6 Å². The lowest BCUT2D eigenvalue weighted by atomic mass is 9.97. The number of fused-ring (bicyclic) bond motifs is 3. The Morgan fingerprint density at radius 3 is 2.80 bits per heavy atom. The first-order valence-electron chi connectivity index (χ1n) is 10.6. The van der Waals surface area contributed by atoms with Gasteiger partial charge < -0.3 is 15.5 Å². The predicted molar refractivity (Wildman–Crippen MR) is 118 cm³/mol. The van der Waals surface area contributed by atoms with E-state index in [9.17, 15) is 0 Å². The Balaban J connectivity index is 1.38. The Bertz CT molecular complexity index is 1070. The minimum Gasteiger partial charge on any atom is -0.367 e. The molecule has 0 radical (unpaired) electrons. The van der Waals surface area contributed by atoms with E-state index in [0.717, 1.165) is 53.4 Å². The SMILES string of the molecule is [C-]#[N+]CCN1[C@@H]2CC[C@H]1CC(Nc1nc(Nc3cc(C)[nH]n3)cc3ncccc13)C2. The van der Waals surface area contributed by atoms with Crippen LogP contribution in [0.5, 0.6) is 0 Å². The van der Waals surface area contributed by atoms with E-state index in [1.165, 1.54) is 12.8 Å². The molecule has 8 nitrogen and oxygen atoms in total. The van der Waals surface area contributed by atoms with Crippen molar-refractivity contribution in [2.75, 3.05) is 23.7 Å². The van der Waals surface area contributed by atoms with Crippen molar-refractivity contribution >= 4 is 28.4 Å². The molecule has 3 N–H and O–H groups in total. The Morgan fingerprint density at radius 2 is 2.07 bits per heavy atom. The number of anilines is 3. The molecule has 0 amide bonds. The summed E-state index contributed by atoms with van der Waals surface area (Å²) in [6, 6.07) is 9.46. The molecule has 2 saturated heterocycles. The number of H-pyrrole nitrogens is 1. The summed E-state index contributed by atoms with van der Waals surface area (Å²) >= 11 is 0. The van der Waals surface area contributed by atoms with Crippen molar-refractivity contribution in [1.82, 2.24) is 25.1 Å². The average molecular weight is 403 g/mol. The van der Waals surface area contributed by atoms with E-state index in [2.05, 4.69) is 41.6 Å². The lowest BCUT2D eigenvalue weighted by molar-refractivity contribution is 0.139. The lowest BCUT2D eigenvalue weighted by Gasteiger charge is -2.38. The monoisotopic (exact) mass is 402 g/mol. The molecule has 3 aromatic rings. The summed E-state index contributed by atoms with van der Waals surface area (Å²) in [6.07, 6.45) is 6.46. The van der Waals surface area contributed by atoms with Gasteiger partial charge in [0.25, 0.3) is 0 Å². The second-order valence-corrected chi connectivity index (χ2v) is 8.30. The molecular weight excluding hydrogens is 376 g/mol. The number of aryl methyl sites for hydroxylation is 1. The van der Waals surface area contributed by atoms with Gasteiger partial charge in [0.15, 0.2) is 5.82 Å². The van der Waals surface area contributed by atoms with Crippen LogP contribution in [-0.4, -0.2) is 56.3 Å². The number of nitrogens with one attached hydrogen (secondary N) is 3. The van der Waals surface area contributed by atoms with Crippen molar-refractivity contribution in [3.8, 4) is 0 Å². The zero-order chi connectivity index (χ0) is 20.5. The lowest BCUT2D eigenvalue weighted by Crippen LogP contribution is -2.47. The third kappa shape index (κ3) is 3.68. The number of aromatic nitrogens is 4. The highest BCUT2D eigenvalue weighted by atomic mass is 15.2. The maximum absolute atomic E-state index is 7.10. The van der Waals surface area contributed by atoms with Crippen molar-refractivity contribution in [2.45, 2.75) is 50.7 Å². The molecule has 0 aromatic carbocycles. The Labute approximate surface area is 175 Å².